The normalized spacial score (nSPS) is 21.9. The maximum atomic E-state index is 12.4. The average molecular weight is 236 g/mol. The zero-order chi connectivity index (χ0) is 12.5. The summed E-state index contributed by atoms with van der Waals surface area (Å²) >= 11 is 0. The van der Waals surface area contributed by atoms with Gasteiger partial charge in [-0.1, -0.05) is 61.5 Å². The highest BCUT2D eigenvalue weighted by atomic mass is 16.1. The van der Waals surface area contributed by atoms with Crippen LogP contribution >= 0.6 is 0 Å². The smallest absolute Gasteiger partial charge is 0.167 e. The summed E-state index contributed by atoms with van der Waals surface area (Å²) in [6, 6.07) is 18.3. The fourth-order valence-electron chi connectivity index (χ4n) is 2.90. The molecule has 0 saturated carbocycles. The summed E-state index contributed by atoms with van der Waals surface area (Å²) in [5.41, 5.74) is 3.38. The summed E-state index contributed by atoms with van der Waals surface area (Å²) in [6.45, 7) is 2.16. The minimum Gasteiger partial charge on any atom is -0.294 e. The van der Waals surface area contributed by atoms with E-state index in [0.29, 0.717) is 11.7 Å². The predicted octanol–water partition coefficient (Wildman–Crippen LogP) is 3.85. The van der Waals surface area contributed by atoms with Crippen molar-refractivity contribution in [3.05, 3.63) is 71.3 Å². The highest BCUT2D eigenvalue weighted by Crippen LogP contribution is 2.38. The van der Waals surface area contributed by atoms with Crippen LogP contribution in [0.5, 0.6) is 0 Å². The molecule has 0 N–H and O–H groups in total. The summed E-state index contributed by atoms with van der Waals surface area (Å²) in [4.78, 5) is 12.4. The summed E-state index contributed by atoms with van der Waals surface area (Å²) < 4.78 is 0. The molecule has 1 nitrogen and oxygen atoms in total. The Kier molecular flexibility index (Phi) is 2.75. The molecule has 0 fully saturated rings. The molecule has 18 heavy (non-hydrogen) atoms. The summed E-state index contributed by atoms with van der Waals surface area (Å²) in [5, 5.41) is 0. The van der Waals surface area contributed by atoms with E-state index in [0.717, 1.165) is 12.0 Å². The molecular formula is C17H16O. The Morgan fingerprint density at radius 2 is 1.61 bits per heavy atom. The topological polar surface area (TPSA) is 17.1 Å². The van der Waals surface area contributed by atoms with Gasteiger partial charge in [0.05, 0.1) is 0 Å². The van der Waals surface area contributed by atoms with Crippen LogP contribution in [0.2, 0.25) is 0 Å². The fraction of sp³-hybridized carbons (Fsp3) is 0.235. The summed E-state index contributed by atoms with van der Waals surface area (Å²) in [7, 11) is 0. The second-order valence-corrected chi connectivity index (χ2v) is 5.04. The van der Waals surface area contributed by atoms with Gasteiger partial charge in [-0.15, -0.1) is 0 Å². The second kappa shape index (κ2) is 4.41. The van der Waals surface area contributed by atoms with Crippen LogP contribution in [0.1, 0.15) is 34.3 Å². The van der Waals surface area contributed by atoms with Crippen LogP contribution in [0.25, 0.3) is 0 Å². The molecule has 0 aromatic heterocycles. The highest BCUT2D eigenvalue weighted by molar-refractivity contribution is 6.03. The van der Waals surface area contributed by atoms with Crippen molar-refractivity contribution in [2.24, 2.45) is 5.92 Å². The lowest BCUT2D eigenvalue weighted by atomic mass is 9.88. The molecule has 0 radical (unpaired) electrons. The van der Waals surface area contributed by atoms with Crippen LogP contribution in [0.15, 0.2) is 54.6 Å². The number of rotatable bonds is 2. The molecule has 0 aliphatic heterocycles. The Morgan fingerprint density at radius 3 is 2.33 bits per heavy atom. The molecule has 2 atom stereocenters. The molecule has 0 saturated heterocycles. The standard InChI is InChI=1S/C17H16O/c1-12-14-9-5-6-10-15(14)17(18)16(12)11-13-7-3-2-4-8-13/h2-10,12,16H,11H2,1H3. The first-order chi connectivity index (χ1) is 8.77. The molecule has 0 amide bonds. The Bertz CT molecular complexity index is 571. The number of hydrogen-bond acceptors (Lipinski definition) is 1. The van der Waals surface area contributed by atoms with E-state index < -0.39 is 0 Å². The Morgan fingerprint density at radius 1 is 0.944 bits per heavy atom. The van der Waals surface area contributed by atoms with Gasteiger partial charge in [-0.25, -0.2) is 0 Å². The number of benzene rings is 2. The molecule has 2 aromatic carbocycles. The largest absolute Gasteiger partial charge is 0.294 e. The monoisotopic (exact) mass is 236 g/mol. The van der Waals surface area contributed by atoms with Crippen molar-refractivity contribution in [1.82, 2.24) is 0 Å². The van der Waals surface area contributed by atoms with Crippen LogP contribution in [0.4, 0.5) is 0 Å². The first-order valence-electron chi connectivity index (χ1n) is 6.44. The number of Topliss-reactive ketones (excluding diaryl/α,β-unsaturated/α-hetero) is 1. The first-order valence-corrected chi connectivity index (χ1v) is 6.44. The number of carbonyl (C=O) groups excluding carboxylic acids is 1. The molecule has 1 heteroatoms. The molecule has 2 aromatic rings. The van der Waals surface area contributed by atoms with Gasteiger partial charge in [0.15, 0.2) is 5.78 Å². The van der Waals surface area contributed by atoms with Crippen LogP contribution in [0, 0.1) is 5.92 Å². The van der Waals surface area contributed by atoms with Crippen molar-refractivity contribution in [3.63, 3.8) is 0 Å². The highest BCUT2D eigenvalue weighted by Gasteiger charge is 2.36. The molecule has 0 spiro atoms. The van der Waals surface area contributed by atoms with Gasteiger partial charge >= 0.3 is 0 Å². The number of hydrogen-bond donors (Lipinski definition) is 0. The summed E-state index contributed by atoms with van der Waals surface area (Å²) in [5.74, 6) is 0.737. The maximum Gasteiger partial charge on any atom is 0.167 e. The van der Waals surface area contributed by atoms with Crippen molar-refractivity contribution in [3.8, 4) is 0 Å². The van der Waals surface area contributed by atoms with Gasteiger partial charge in [-0.2, -0.15) is 0 Å². The average Bonchev–Trinajstić information content (AvgIpc) is 2.66. The van der Waals surface area contributed by atoms with Crippen molar-refractivity contribution in [1.29, 1.82) is 0 Å². The Hall–Kier alpha value is -1.89. The van der Waals surface area contributed by atoms with E-state index in [1.807, 2.05) is 36.4 Å². The SMILES string of the molecule is CC1c2ccccc2C(=O)C1Cc1ccccc1. The van der Waals surface area contributed by atoms with Crippen LogP contribution in [-0.2, 0) is 6.42 Å². The predicted molar refractivity (Wildman–Crippen MR) is 72.8 cm³/mol. The van der Waals surface area contributed by atoms with Crippen molar-refractivity contribution in [2.45, 2.75) is 19.3 Å². The van der Waals surface area contributed by atoms with E-state index >= 15 is 0 Å². The number of fused-ring (bicyclic) bond motifs is 1. The third-order valence-corrected chi connectivity index (χ3v) is 3.96. The summed E-state index contributed by atoms with van der Waals surface area (Å²) in [6.07, 6.45) is 0.843. The van der Waals surface area contributed by atoms with Crippen molar-refractivity contribution < 1.29 is 4.79 Å². The van der Waals surface area contributed by atoms with Gasteiger partial charge in [0.1, 0.15) is 0 Å². The second-order valence-electron chi connectivity index (χ2n) is 5.04. The van der Waals surface area contributed by atoms with Crippen LogP contribution in [0.3, 0.4) is 0 Å². The van der Waals surface area contributed by atoms with E-state index in [2.05, 4.69) is 25.1 Å². The van der Waals surface area contributed by atoms with Crippen molar-refractivity contribution >= 4 is 5.78 Å². The molecule has 90 valence electrons. The van der Waals surface area contributed by atoms with Crippen LogP contribution in [-0.4, -0.2) is 5.78 Å². The van der Waals surface area contributed by atoms with E-state index in [-0.39, 0.29) is 5.92 Å². The van der Waals surface area contributed by atoms with E-state index in [1.165, 1.54) is 11.1 Å². The third kappa shape index (κ3) is 1.76. The minimum atomic E-state index is 0.102. The van der Waals surface area contributed by atoms with E-state index in [4.69, 9.17) is 0 Å². The third-order valence-electron chi connectivity index (χ3n) is 3.96. The molecule has 1 aliphatic carbocycles. The number of carbonyl (C=O) groups is 1. The van der Waals surface area contributed by atoms with Gasteiger partial charge in [0, 0.05) is 11.5 Å². The Labute approximate surface area is 107 Å². The lowest BCUT2D eigenvalue weighted by Crippen LogP contribution is -2.14. The van der Waals surface area contributed by atoms with E-state index in [9.17, 15) is 4.79 Å². The lowest BCUT2D eigenvalue weighted by molar-refractivity contribution is 0.0925. The van der Waals surface area contributed by atoms with Gasteiger partial charge in [0.25, 0.3) is 0 Å². The molecule has 0 heterocycles. The number of ketones is 1. The molecule has 2 unspecified atom stereocenters. The minimum absolute atomic E-state index is 0.102. The molecular weight excluding hydrogens is 220 g/mol. The lowest BCUT2D eigenvalue weighted by Gasteiger charge is -2.14. The van der Waals surface area contributed by atoms with Gasteiger partial charge < -0.3 is 0 Å². The first kappa shape index (κ1) is 11.2. The van der Waals surface area contributed by atoms with Gasteiger partial charge in [-0.3, -0.25) is 4.79 Å². The van der Waals surface area contributed by atoms with Gasteiger partial charge in [0.2, 0.25) is 0 Å². The van der Waals surface area contributed by atoms with Gasteiger partial charge in [-0.05, 0) is 23.5 Å². The quantitative estimate of drug-likeness (QED) is 0.774. The zero-order valence-electron chi connectivity index (χ0n) is 10.5. The van der Waals surface area contributed by atoms with Crippen molar-refractivity contribution in [2.75, 3.05) is 0 Å². The Balaban J connectivity index is 1.91. The molecule has 1 aliphatic rings. The molecule has 3 rings (SSSR count). The fourth-order valence-corrected chi connectivity index (χ4v) is 2.90. The molecule has 0 bridgehead atoms. The van der Waals surface area contributed by atoms with E-state index in [1.54, 1.807) is 0 Å². The zero-order valence-corrected chi connectivity index (χ0v) is 10.5. The maximum absolute atomic E-state index is 12.4. The van der Waals surface area contributed by atoms with Crippen LogP contribution < -0.4 is 0 Å².